The summed E-state index contributed by atoms with van der Waals surface area (Å²) in [5, 5.41) is 3.03. The van der Waals surface area contributed by atoms with Crippen molar-refractivity contribution in [1.82, 2.24) is 4.90 Å². The number of esters is 1. The highest BCUT2D eigenvalue weighted by Gasteiger charge is 2.32. The van der Waals surface area contributed by atoms with Crippen molar-refractivity contribution in [1.29, 1.82) is 0 Å². The molecule has 0 aromatic heterocycles. The van der Waals surface area contributed by atoms with Gasteiger partial charge in [-0.1, -0.05) is 25.1 Å². The first-order valence-corrected chi connectivity index (χ1v) is 11.0. The smallest absolute Gasteiger partial charge is 0.307 e. The van der Waals surface area contributed by atoms with Gasteiger partial charge in [-0.2, -0.15) is 0 Å². The number of nitrogens with one attached hydrogen (secondary N) is 1. The van der Waals surface area contributed by atoms with Gasteiger partial charge in [0.2, 0.25) is 5.91 Å². The first-order chi connectivity index (χ1) is 15.5. The molecule has 0 aliphatic carbocycles. The van der Waals surface area contributed by atoms with Gasteiger partial charge in [-0.15, -0.1) is 0 Å². The zero-order valence-electron chi connectivity index (χ0n) is 19.3. The van der Waals surface area contributed by atoms with Gasteiger partial charge in [0, 0.05) is 18.3 Å². The van der Waals surface area contributed by atoms with Crippen LogP contribution in [0.4, 0.5) is 5.69 Å². The number of rotatable bonds is 9. The molecule has 1 amide bonds. The minimum Gasteiger partial charge on any atom is -0.493 e. The van der Waals surface area contributed by atoms with E-state index in [1.54, 1.807) is 21.1 Å². The topological polar surface area (TPSA) is 77.1 Å². The minimum absolute atomic E-state index is 0.108. The molecule has 172 valence electrons. The number of aryl methyl sites for hydroxylation is 1. The largest absolute Gasteiger partial charge is 0.493 e. The number of fused-ring (bicyclic) bond motifs is 1. The number of methoxy groups -OCH3 is 2. The number of hydrogen-bond donors (Lipinski definition) is 1. The molecule has 1 atom stereocenters. The van der Waals surface area contributed by atoms with Crippen LogP contribution in [0, 0.1) is 0 Å². The summed E-state index contributed by atoms with van der Waals surface area (Å²) in [6.45, 7) is 4.99. The van der Waals surface area contributed by atoms with Crippen LogP contribution in [-0.4, -0.2) is 50.7 Å². The van der Waals surface area contributed by atoms with Crippen LogP contribution in [0.1, 0.15) is 43.0 Å². The molecule has 0 saturated heterocycles. The van der Waals surface area contributed by atoms with Gasteiger partial charge in [0.1, 0.15) is 0 Å². The van der Waals surface area contributed by atoms with Crippen LogP contribution < -0.4 is 14.8 Å². The summed E-state index contributed by atoms with van der Waals surface area (Å²) in [6, 6.07) is 11.4. The summed E-state index contributed by atoms with van der Waals surface area (Å²) in [5.74, 6) is 0.859. The molecule has 3 rings (SSSR count). The summed E-state index contributed by atoms with van der Waals surface area (Å²) in [7, 11) is 3.19. The lowest BCUT2D eigenvalue weighted by atomic mass is 9.90. The van der Waals surface area contributed by atoms with E-state index < -0.39 is 0 Å². The van der Waals surface area contributed by atoms with Crippen molar-refractivity contribution >= 4 is 17.6 Å². The average molecular weight is 441 g/mol. The van der Waals surface area contributed by atoms with Gasteiger partial charge in [-0.25, -0.2) is 0 Å². The fourth-order valence-corrected chi connectivity index (χ4v) is 4.21. The summed E-state index contributed by atoms with van der Waals surface area (Å²) in [6.07, 6.45) is 1.74. The molecule has 1 aliphatic rings. The molecule has 1 aliphatic heterocycles. The van der Waals surface area contributed by atoms with E-state index in [1.807, 2.05) is 41.3 Å². The molecule has 32 heavy (non-hydrogen) atoms. The Labute approximate surface area is 189 Å². The van der Waals surface area contributed by atoms with Crippen molar-refractivity contribution < 1.29 is 23.8 Å². The molecule has 7 nitrogen and oxygen atoms in total. The Bertz CT molecular complexity index is 959. The van der Waals surface area contributed by atoms with Gasteiger partial charge >= 0.3 is 5.97 Å². The van der Waals surface area contributed by atoms with Crippen molar-refractivity contribution in [2.24, 2.45) is 0 Å². The van der Waals surface area contributed by atoms with Crippen molar-refractivity contribution in [2.75, 3.05) is 39.2 Å². The second-order valence-corrected chi connectivity index (χ2v) is 7.71. The van der Waals surface area contributed by atoms with Crippen LogP contribution >= 0.6 is 0 Å². The Morgan fingerprint density at radius 3 is 2.50 bits per heavy atom. The maximum atomic E-state index is 12.9. The highest BCUT2D eigenvalue weighted by Crippen LogP contribution is 2.39. The zero-order chi connectivity index (χ0) is 23.1. The van der Waals surface area contributed by atoms with Crippen LogP contribution in [0.25, 0.3) is 0 Å². The number of benzene rings is 2. The van der Waals surface area contributed by atoms with Crippen LogP contribution in [0.5, 0.6) is 11.5 Å². The van der Waals surface area contributed by atoms with E-state index in [2.05, 4.69) is 12.2 Å². The first-order valence-electron chi connectivity index (χ1n) is 11.0. The molecule has 0 radical (unpaired) electrons. The van der Waals surface area contributed by atoms with Gasteiger partial charge < -0.3 is 19.5 Å². The van der Waals surface area contributed by atoms with Crippen molar-refractivity contribution in [3.8, 4) is 11.5 Å². The van der Waals surface area contributed by atoms with E-state index in [9.17, 15) is 9.59 Å². The first kappa shape index (κ1) is 23.6. The van der Waals surface area contributed by atoms with Crippen molar-refractivity contribution in [2.45, 2.75) is 39.2 Å². The number of amides is 1. The molecule has 2 aromatic rings. The van der Waals surface area contributed by atoms with Gasteiger partial charge in [-0.05, 0) is 54.7 Å². The Balaban J connectivity index is 1.86. The highest BCUT2D eigenvalue weighted by atomic mass is 16.5. The zero-order valence-corrected chi connectivity index (χ0v) is 19.3. The van der Waals surface area contributed by atoms with E-state index >= 15 is 0 Å². The third-order valence-corrected chi connectivity index (χ3v) is 5.80. The van der Waals surface area contributed by atoms with Crippen LogP contribution in [-0.2, 0) is 27.2 Å². The van der Waals surface area contributed by atoms with Crippen molar-refractivity contribution in [3.05, 3.63) is 53.1 Å². The molecule has 2 aromatic carbocycles. The maximum absolute atomic E-state index is 12.9. The van der Waals surface area contributed by atoms with Gasteiger partial charge in [0.05, 0.1) is 33.8 Å². The summed E-state index contributed by atoms with van der Waals surface area (Å²) < 4.78 is 16.1. The third-order valence-electron chi connectivity index (χ3n) is 5.80. The average Bonchev–Trinajstić information content (AvgIpc) is 2.80. The van der Waals surface area contributed by atoms with E-state index in [0.29, 0.717) is 24.7 Å². The quantitative estimate of drug-likeness (QED) is 0.599. The number of carbonyl (C=O) groups is 2. The monoisotopic (exact) mass is 440 g/mol. The summed E-state index contributed by atoms with van der Waals surface area (Å²) in [5.41, 5.74) is 3.96. The van der Waals surface area contributed by atoms with Crippen LogP contribution in [0.3, 0.4) is 0 Å². The van der Waals surface area contributed by atoms with E-state index in [1.165, 1.54) is 0 Å². The van der Waals surface area contributed by atoms with E-state index in [0.717, 1.165) is 35.2 Å². The lowest BCUT2D eigenvalue weighted by Gasteiger charge is -2.37. The van der Waals surface area contributed by atoms with Gasteiger partial charge in [-0.3, -0.25) is 14.5 Å². The van der Waals surface area contributed by atoms with Crippen LogP contribution in [0.2, 0.25) is 0 Å². The summed E-state index contributed by atoms with van der Waals surface area (Å²) >= 11 is 0. The number of para-hydroxylation sites is 1. The highest BCUT2D eigenvalue weighted by molar-refractivity contribution is 5.93. The molecule has 0 saturated carbocycles. The van der Waals surface area contributed by atoms with Gasteiger partial charge in [0.15, 0.2) is 11.5 Å². The fourth-order valence-electron chi connectivity index (χ4n) is 4.21. The van der Waals surface area contributed by atoms with Crippen molar-refractivity contribution in [3.63, 3.8) is 0 Å². The molecule has 0 fully saturated rings. The number of nitrogens with zero attached hydrogens (tertiary/aromatic N) is 1. The Kier molecular flexibility index (Phi) is 8.11. The number of hydrogen-bond acceptors (Lipinski definition) is 6. The SMILES string of the molecule is CCOC(=O)CC1c2cc(OC)c(OC)cc2CCN1CC(=O)Nc1ccccc1CC. The Morgan fingerprint density at radius 2 is 1.81 bits per heavy atom. The standard InChI is InChI=1S/C25H32N2O5/c1-5-17-9-7-8-10-20(17)26-24(28)16-27-12-11-18-13-22(30-3)23(31-4)14-19(18)21(27)15-25(29)32-6-2/h7-10,13-14,21H,5-6,11-12,15-16H2,1-4H3,(H,26,28). The van der Waals surface area contributed by atoms with E-state index in [-0.39, 0.29) is 30.9 Å². The summed E-state index contributed by atoms with van der Waals surface area (Å²) in [4.78, 5) is 27.4. The lowest BCUT2D eigenvalue weighted by Crippen LogP contribution is -2.41. The Morgan fingerprint density at radius 1 is 1.09 bits per heavy atom. The maximum Gasteiger partial charge on any atom is 0.307 e. The molecular weight excluding hydrogens is 408 g/mol. The van der Waals surface area contributed by atoms with Gasteiger partial charge in [0.25, 0.3) is 0 Å². The Hall–Kier alpha value is -3.06. The minimum atomic E-state index is -0.290. The second kappa shape index (κ2) is 11.0. The lowest BCUT2D eigenvalue weighted by molar-refractivity contribution is -0.145. The predicted octanol–water partition coefficient (Wildman–Crippen LogP) is 3.76. The number of anilines is 1. The molecule has 0 spiro atoms. The number of carbonyl (C=O) groups excluding carboxylic acids is 2. The fraction of sp³-hybridized carbons (Fsp3) is 0.440. The van der Waals surface area contributed by atoms with E-state index in [4.69, 9.17) is 14.2 Å². The number of ether oxygens (including phenoxy) is 3. The molecule has 7 heteroatoms. The molecule has 0 bridgehead atoms. The third kappa shape index (κ3) is 5.40. The predicted molar refractivity (Wildman–Crippen MR) is 123 cm³/mol. The molecular formula is C25H32N2O5. The van der Waals surface area contributed by atoms with Crippen LogP contribution in [0.15, 0.2) is 36.4 Å². The molecule has 1 N–H and O–H groups in total. The molecule has 1 unspecified atom stereocenters. The normalized spacial score (nSPS) is 15.6. The second-order valence-electron chi connectivity index (χ2n) is 7.71. The molecule has 1 heterocycles.